The first-order chi connectivity index (χ1) is 10.7. The number of rotatable bonds is 4. The van der Waals surface area contributed by atoms with Gasteiger partial charge in [-0.1, -0.05) is 0 Å². The quantitative estimate of drug-likeness (QED) is 0.908. The standard InChI is InChI=1S/C14H16F3N3O3/c1-19(2)5-6-20-10-7-9(18-13(22)14(15,16)17)3-4-11(10)23-8-12(20)21/h3-4,7H,5-6,8H2,1-2H3,(H,18,22). The van der Waals surface area contributed by atoms with Gasteiger partial charge in [-0.05, 0) is 32.3 Å². The summed E-state index contributed by atoms with van der Waals surface area (Å²) in [5, 5.41) is 1.76. The molecule has 0 fully saturated rings. The molecule has 0 aliphatic carbocycles. The van der Waals surface area contributed by atoms with Gasteiger partial charge >= 0.3 is 12.1 Å². The van der Waals surface area contributed by atoms with Gasteiger partial charge in [0.15, 0.2) is 6.61 Å². The van der Waals surface area contributed by atoms with E-state index in [1.807, 2.05) is 19.0 Å². The largest absolute Gasteiger partial charge is 0.482 e. The van der Waals surface area contributed by atoms with Crippen LogP contribution in [-0.4, -0.2) is 56.7 Å². The molecule has 0 radical (unpaired) electrons. The van der Waals surface area contributed by atoms with Crippen LogP contribution in [0.1, 0.15) is 0 Å². The minimum atomic E-state index is -4.98. The number of nitrogens with zero attached hydrogens (tertiary/aromatic N) is 2. The van der Waals surface area contributed by atoms with Crippen LogP contribution in [-0.2, 0) is 9.59 Å². The number of likely N-dealkylation sites (N-methyl/N-ethyl adjacent to an activating group) is 1. The number of carbonyl (C=O) groups excluding carboxylic acids is 2. The molecular formula is C14H16F3N3O3. The molecule has 0 atom stereocenters. The molecule has 0 saturated carbocycles. The highest BCUT2D eigenvalue weighted by atomic mass is 19.4. The summed E-state index contributed by atoms with van der Waals surface area (Å²) in [6.07, 6.45) is -4.98. The second-order valence-electron chi connectivity index (χ2n) is 5.27. The number of anilines is 2. The topological polar surface area (TPSA) is 61.9 Å². The lowest BCUT2D eigenvalue weighted by atomic mass is 10.2. The monoisotopic (exact) mass is 331 g/mol. The minimum absolute atomic E-state index is 0.0563. The molecule has 2 rings (SSSR count). The number of carbonyl (C=O) groups is 2. The fourth-order valence-corrected chi connectivity index (χ4v) is 2.03. The molecule has 0 bridgehead atoms. The summed E-state index contributed by atoms with van der Waals surface area (Å²) in [6, 6.07) is 4.02. The van der Waals surface area contributed by atoms with Crippen molar-refractivity contribution in [2.45, 2.75) is 6.18 Å². The van der Waals surface area contributed by atoms with Crippen LogP contribution in [0.25, 0.3) is 0 Å². The molecule has 0 aromatic heterocycles. The maximum absolute atomic E-state index is 12.3. The average molecular weight is 331 g/mol. The predicted octanol–water partition coefficient (Wildman–Crippen LogP) is 1.47. The van der Waals surface area contributed by atoms with Gasteiger partial charge in [0.1, 0.15) is 5.75 Å². The SMILES string of the molecule is CN(C)CCN1C(=O)COc2ccc(NC(=O)C(F)(F)F)cc21. The Kier molecular flexibility index (Phi) is 4.79. The van der Waals surface area contributed by atoms with Crippen LogP contribution < -0.4 is 15.0 Å². The Labute approximate surface area is 130 Å². The van der Waals surface area contributed by atoms with Crippen LogP contribution in [0.2, 0.25) is 0 Å². The van der Waals surface area contributed by atoms with E-state index >= 15 is 0 Å². The number of hydrogen-bond acceptors (Lipinski definition) is 4. The number of amides is 2. The van der Waals surface area contributed by atoms with E-state index < -0.39 is 12.1 Å². The first-order valence-corrected chi connectivity index (χ1v) is 6.78. The lowest BCUT2D eigenvalue weighted by Crippen LogP contribution is -2.42. The van der Waals surface area contributed by atoms with E-state index in [0.717, 1.165) is 0 Å². The van der Waals surface area contributed by atoms with Crippen LogP contribution in [0.4, 0.5) is 24.5 Å². The summed E-state index contributed by atoms with van der Waals surface area (Å²) in [6.45, 7) is 0.803. The summed E-state index contributed by atoms with van der Waals surface area (Å²) in [4.78, 5) is 26.3. The maximum Gasteiger partial charge on any atom is 0.471 e. The van der Waals surface area contributed by atoms with E-state index in [2.05, 4.69) is 0 Å². The van der Waals surface area contributed by atoms with Crippen molar-refractivity contribution in [3.8, 4) is 5.75 Å². The second kappa shape index (κ2) is 6.45. The molecule has 0 spiro atoms. The van der Waals surface area contributed by atoms with Crippen molar-refractivity contribution in [1.29, 1.82) is 0 Å². The minimum Gasteiger partial charge on any atom is -0.482 e. The highest BCUT2D eigenvalue weighted by Gasteiger charge is 2.39. The van der Waals surface area contributed by atoms with E-state index in [1.165, 1.54) is 23.1 Å². The zero-order valence-corrected chi connectivity index (χ0v) is 12.6. The zero-order valence-electron chi connectivity index (χ0n) is 12.6. The van der Waals surface area contributed by atoms with Crippen molar-refractivity contribution in [3.05, 3.63) is 18.2 Å². The fourth-order valence-electron chi connectivity index (χ4n) is 2.03. The number of hydrogen-bond donors (Lipinski definition) is 1. The molecular weight excluding hydrogens is 315 g/mol. The van der Waals surface area contributed by atoms with E-state index in [4.69, 9.17) is 4.74 Å². The van der Waals surface area contributed by atoms with Crippen molar-refractivity contribution in [1.82, 2.24) is 4.90 Å². The van der Waals surface area contributed by atoms with E-state index in [9.17, 15) is 22.8 Å². The molecule has 1 heterocycles. The predicted molar refractivity (Wildman–Crippen MR) is 77.5 cm³/mol. The Morgan fingerprint density at radius 2 is 2.09 bits per heavy atom. The van der Waals surface area contributed by atoms with Crippen LogP contribution in [0.15, 0.2) is 18.2 Å². The molecule has 1 aromatic rings. The number of halogens is 3. The van der Waals surface area contributed by atoms with Crippen molar-refractivity contribution in [3.63, 3.8) is 0 Å². The average Bonchev–Trinajstić information content (AvgIpc) is 2.45. The Morgan fingerprint density at radius 3 is 2.70 bits per heavy atom. The highest BCUT2D eigenvalue weighted by molar-refractivity contribution is 6.00. The van der Waals surface area contributed by atoms with Crippen molar-refractivity contribution < 1.29 is 27.5 Å². The van der Waals surface area contributed by atoms with E-state index in [1.54, 1.807) is 5.32 Å². The maximum atomic E-state index is 12.3. The highest BCUT2D eigenvalue weighted by Crippen LogP contribution is 2.34. The Morgan fingerprint density at radius 1 is 1.39 bits per heavy atom. The molecule has 1 N–H and O–H groups in total. The third-order valence-electron chi connectivity index (χ3n) is 3.19. The third kappa shape index (κ3) is 4.13. The number of nitrogens with one attached hydrogen (secondary N) is 1. The fraction of sp³-hybridized carbons (Fsp3) is 0.429. The van der Waals surface area contributed by atoms with Gasteiger partial charge in [-0.3, -0.25) is 9.59 Å². The van der Waals surface area contributed by atoms with Crippen LogP contribution in [0, 0.1) is 0 Å². The third-order valence-corrected chi connectivity index (χ3v) is 3.19. The molecule has 9 heteroatoms. The Balaban J connectivity index is 2.25. The van der Waals surface area contributed by atoms with Crippen molar-refractivity contribution in [2.24, 2.45) is 0 Å². The normalized spacial score (nSPS) is 14.5. The van der Waals surface area contributed by atoms with Gasteiger partial charge in [0.2, 0.25) is 0 Å². The molecule has 23 heavy (non-hydrogen) atoms. The molecule has 1 aromatic carbocycles. The van der Waals surface area contributed by atoms with Gasteiger partial charge in [0.25, 0.3) is 5.91 Å². The van der Waals surface area contributed by atoms with Gasteiger partial charge in [0, 0.05) is 18.8 Å². The molecule has 126 valence electrons. The van der Waals surface area contributed by atoms with Gasteiger partial charge in [-0.25, -0.2) is 0 Å². The Hall–Kier alpha value is -2.29. The molecule has 0 saturated heterocycles. The summed E-state index contributed by atoms with van der Waals surface area (Å²) in [7, 11) is 3.68. The summed E-state index contributed by atoms with van der Waals surface area (Å²) >= 11 is 0. The van der Waals surface area contributed by atoms with Gasteiger partial charge in [-0.15, -0.1) is 0 Å². The van der Waals surface area contributed by atoms with Crippen LogP contribution in [0.3, 0.4) is 0 Å². The lowest BCUT2D eigenvalue weighted by Gasteiger charge is -2.30. The number of ether oxygens (including phenoxy) is 1. The lowest BCUT2D eigenvalue weighted by molar-refractivity contribution is -0.167. The van der Waals surface area contributed by atoms with E-state index in [0.29, 0.717) is 24.5 Å². The van der Waals surface area contributed by atoms with Crippen LogP contribution >= 0.6 is 0 Å². The summed E-state index contributed by atoms with van der Waals surface area (Å²) in [5.74, 6) is -1.98. The first-order valence-electron chi connectivity index (χ1n) is 6.78. The van der Waals surface area contributed by atoms with Crippen molar-refractivity contribution >= 4 is 23.2 Å². The summed E-state index contributed by atoms with van der Waals surface area (Å²) in [5.41, 5.74) is 0.280. The van der Waals surface area contributed by atoms with Crippen molar-refractivity contribution in [2.75, 3.05) is 44.0 Å². The van der Waals surface area contributed by atoms with Gasteiger partial charge in [-0.2, -0.15) is 13.2 Å². The first kappa shape index (κ1) is 17.1. The number of alkyl halides is 3. The second-order valence-corrected chi connectivity index (χ2v) is 5.27. The van der Waals surface area contributed by atoms with Crippen LogP contribution in [0.5, 0.6) is 5.75 Å². The van der Waals surface area contributed by atoms with E-state index in [-0.39, 0.29) is 18.2 Å². The van der Waals surface area contributed by atoms with Gasteiger partial charge < -0.3 is 19.9 Å². The number of benzene rings is 1. The number of fused-ring (bicyclic) bond motifs is 1. The summed E-state index contributed by atoms with van der Waals surface area (Å²) < 4.78 is 42.2. The molecule has 0 unspecified atom stereocenters. The zero-order chi connectivity index (χ0) is 17.2. The molecule has 1 aliphatic rings. The molecule has 6 nitrogen and oxygen atoms in total. The molecule has 1 aliphatic heterocycles. The smallest absolute Gasteiger partial charge is 0.471 e. The molecule has 2 amide bonds. The Bertz CT molecular complexity index is 617. The van der Waals surface area contributed by atoms with Gasteiger partial charge in [0.05, 0.1) is 5.69 Å².